The Morgan fingerprint density at radius 1 is 0.917 bits per heavy atom. The maximum Gasteiger partial charge on any atom is 0.141 e. The summed E-state index contributed by atoms with van der Waals surface area (Å²) in [6, 6.07) is 22.8. The molecule has 1 heterocycles. The summed E-state index contributed by atoms with van der Waals surface area (Å²) in [4.78, 5) is 4.81. The van der Waals surface area contributed by atoms with Crippen LogP contribution >= 0.6 is 15.9 Å². The quantitative estimate of drug-likeness (QED) is 0.448. The molecule has 0 amide bonds. The zero-order valence-corrected chi connectivity index (χ0v) is 14.4. The third-order valence-corrected chi connectivity index (χ3v) is 4.48. The minimum Gasteiger partial charge on any atom is -0.319 e. The Kier molecular flexibility index (Phi) is 3.90. The average molecular weight is 381 g/mol. The molecule has 0 saturated heterocycles. The summed E-state index contributed by atoms with van der Waals surface area (Å²) >= 11 is 3.52. The highest BCUT2D eigenvalue weighted by Gasteiger charge is 2.13. The number of imidazole rings is 1. The first kappa shape index (κ1) is 15.1. The molecule has 0 aliphatic rings. The molecule has 118 valence electrons. The van der Waals surface area contributed by atoms with E-state index in [9.17, 15) is 4.39 Å². The van der Waals surface area contributed by atoms with E-state index in [2.05, 4.69) is 32.6 Å². The second kappa shape index (κ2) is 6.21. The van der Waals surface area contributed by atoms with Crippen LogP contribution in [0.15, 0.2) is 77.3 Å². The molecule has 0 fully saturated rings. The van der Waals surface area contributed by atoms with Gasteiger partial charge in [-0.3, -0.25) is 0 Å². The molecule has 0 spiro atoms. The Morgan fingerprint density at radius 2 is 1.71 bits per heavy atom. The smallest absolute Gasteiger partial charge is 0.141 e. The molecule has 0 radical (unpaired) electrons. The van der Waals surface area contributed by atoms with E-state index < -0.39 is 0 Å². The van der Waals surface area contributed by atoms with Crippen LogP contribution in [0.4, 0.5) is 4.39 Å². The number of nitrogens with zero attached hydrogens (tertiary/aromatic N) is 2. The van der Waals surface area contributed by atoms with Crippen molar-refractivity contribution in [3.05, 3.63) is 88.6 Å². The third kappa shape index (κ3) is 2.85. The fraction of sp³-hybridized carbons (Fsp3) is 0.0500. The van der Waals surface area contributed by atoms with Gasteiger partial charge in [0.1, 0.15) is 11.6 Å². The Hall–Kier alpha value is -2.46. The van der Waals surface area contributed by atoms with E-state index >= 15 is 0 Å². The van der Waals surface area contributed by atoms with Crippen LogP contribution in [0.3, 0.4) is 0 Å². The van der Waals surface area contributed by atoms with Crippen LogP contribution in [0.5, 0.6) is 0 Å². The number of aromatic nitrogens is 2. The molecule has 0 N–H and O–H groups in total. The molecule has 4 rings (SSSR count). The van der Waals surface area contributed by atoms with Crippen LogP contribution in [-0.4, -0.2) is 9.55 Å². The van der Waals surface area contributed by atoms with Gasteiger partial charge in [-0.1, -0.05) is 52.3 Å². The number of halogens is 2. The molecular formula is C20H14BrFN2. The highest BCUT2D eigenvalue weighted by atomic mass is 79.9. The second-order valence-corrected chi connectivity index (χ2v) is 6.56. The molecule has 0 aliphatic heterocycles. The number of benzene rings is 3. The molecule has 4 aromatic rings. The second-order valence-electron chi connectivity index (χ2n) is 5.65. The van der Waals surface area contributed by atoms with Crippen molar-refractivity contribution in [1.82, 2.24) is 9.55 Å². The molecule has 0 aliphatic carbocycles. The average Bonchev–Trinajstić information content (AvgIpc) is 2.96. The highest BCUT2D eigenvalue weighted by molar-refractivity contribution is 9.10. The van der Waals surface area contributed by atoms with Gasteiger partial charge in [0, 0.05) is 16.6 Å². The summed E-state index contributed by atoms with van der Waals surface area (Å²) in [5, 5.41) is 0. The van der Waals surface area contributed by atoms with Gasteiger partial charge < -0.3 is 4.57 Å². The number of hydrogen-bond acceptors (Lipinski definition) is 1. The summed E-state index contributed by atoms with van der Waals surface area (Å²) in [6.07, 6.45) is 0. The van der Waals surface area contributed by atoms with Crippen molar-refractivity contribution >= 4 is 27.0 Å². The summed E-state index contributed by atoms with van der Waals surface area (Å²) in [5.41, 5.74) is 4.10. The van der Waals surface area contributed by atoms with Gasteiger partial charge >= 0.3 is 0 Å². The highest BCUT2D eigenvalue weighted by Crippen LogP contribution is 2.27. The number of fused-ring (bicyclic) bond motifs is 1. The zero-order chi connectivity index (χ0) is 16.5. The Labute approximate surface area is 147 Å². The van der Waals surface area contributed by atoms with Crippen LogP contribution in [0, 0.1) is 5.82 Å². The van der Waals surface area contributed by atoms with Crippen LogP contribution < -0.4 is 0 Å². The molecule has 0 unspecified atom stereocenters. The van der Waals surface area contributed by atoms with Gasteiger partial charge in [0.2, 0.25) is 0 Å². The molecule has 1 aromatic heterocycles. The van der Waals surface area contributed by atoms with Crippen LogP contribution in [-0.2, 0) is 6.54 Å². The lowest BCUT2D eigenvalue weighted by Gasteiger charge is -2.10. The molecular weight excluding hydrogens is 367 g/mol. The minimum absolute atomic E-state index is 0.221. The van der Waals surface area contributed by atoms with Gasteiger partial charge in [0.25, 0.3) is 0 Å². The molecule has 2 nitrogen and oxygen atoms in total. The lowest BCUT2D eigenvalue weighted by atomic mass is 10.2. The number of hydrogen-bond donors (Lipinski definition) is 0. The standard InChI is InChI=1S/C20H14BrFN2/c21-16-5-3-4-15(12-16)20-23-18-6-1-2-7-19(18)24(20)13-14-8-10-17(22)11-9-14/h1-12H,13H2. The Balaban J connectivity index is 1.88. The van der Waals surface area contributed by atoms with Gasteiger partial charge in [-0.2, -0.15) is 0 Å². The maximum absolute atomic E-state index is 13.2. The van der Waals surface area contributed by atoms with E-state index in [1.165, 1.54) is 12.1 Å². The van der Waals surface area contributed by atoms with Crippen LogP contribution in [0.1, 0.15) is 5.56 Å². The van der Waals surface area contributed by atoms with Gasteiger partial charge in [-0.25, -0.2) is 9.37 Å². The Morgan fingerprint density at radius 3 is 2.50 bits per heavy atom. The maximum atomic E-state index is 13.2. The van der Waals surface area contributed by atoms with E-state index in [1.807, 2.05) is 48.5 Å². The number of para-hydroxylation sites is 2. The van der Waals surface area contributed by atoms with Crippen LogP contribution in [0.25, 0.3) is 22.4 Å². The fourth-order valence-corrected chi connectivity index (χ4v) is 3.26. The van der Waals surface area contributed by atoms with E-state index in [0.717, 1.165) is 32.5 Å². The number of rotatable bonds is 3. The van der Waals surface area contributed by atoms with Crippen molar-refractivity contribution in [2.75, 3.05) is 0 Å². The predicted molar refractivity (Wildman–Crippen MR) is 98.4 cm³/mol. The van der Waals surface area contributed by atoms with Crippen molar-refractivity contribution < 1.29 is 4.39 Å². The van der Waals surface area contributed by atoms with Crippen molar-refractivity contribution in [2.24, 2.45) is 0 Å². The largest absolute Gasteiger partial charge is 0.319 e. The van der Waals surface area contributed by atoms with Crippen LogP contribution in [0.2, 0.25) is 0 Å². The topological polar surface area (TPSA) is 17.8 Å². The fourth-order valence-electron chi connectivity index (χ4n) is 2.86. The first-order valence-electron chi connectivity index (χ1n) is 7.66. The zero-order valence-electron chi connectivity index (χ0n) is 12.8. The molecule has 0 saturated carbocycles. The summed E-state index contributed by atoms with van der Waals surface area (Å²) in [7, 11) is 0. The predicted octanol–water partition coefficient (Wildman–Crippen LogP) is 5.65. The Bertz CT molecular complexity index is 1010. The van der Waals surface area contributed by atoms with E-state index in [-0.39, 0.29) is 5.82 Å². The van der Waals surface area contributed by atoms with Gasteiger partial charge in [0.15, 0.2) is 0 Å². The van der Waals surface area contributed by atoms with Crippen molar-refractivity contribution in [2.45, 2.75) is 6.54 Å². The van der Waals surface area contributed by atoms with Crippen molar-refractivity contribution in [3.63, 3.8) is 0 Å². The summed E-state index contributed by atoms with van der Waals surface area (Å²) < 4.78 is 16.4. The lowest BCUT2D eigenvalue weighted by molar-refractivity contribution is 0.626. The van der Waals surface area contributed by atoms with Gasteiger partial charge in [0.05, 0.1) is 11.0 Å². The summed E-state index contributed by atoms with van der Waals surface area (Å²) in [6.45, 7) is 0.642. The van der Waals surface area contributed by atoms with Gasteiger partial charge in [-0.05, 0) is 42.0 Å². The van der Waals surface area contributed by atoms with Crippen molar-refractivity contribution in [3.8, 4) is 11.4 Å². The van der Waals surface area contributed by atoms with Gasteiger partial charge in [-0.15, -0.1) is 0 Å². The lowest BCUT2D eigenvalue weighted by Crippen LogP contribution is -2.02. The first-order chi connectivity index (χ1) is 11.7. The van der Waals surface area contributed by atoms with E-state index in [1.54, 1.807) is 0 Å². The SMILES string of the molecule is Fc1ccc(Cn2c(-c3cccc(Br)c3)nc3ccccc32)cc1. The van der Waals surface area contributed by atoms with E-state index in [4.69, 9.17) is 4.98 Å². The van der Waals surface area contributed by atoms with Crippen molar-refractivity contribution in [1.29, 1.82) is 0 Å². The summed E-state index contributed by atoms with van der Waals surface area (Å²) in [5.74, 6) is 0.684. The van der Waals surface area contributed by atoms with E-state index in [0.29, 0.717) is 6.54 Å². The third-order valence-electron chi connectivity index (χ3n) is 3.99. The molecule has 4 heteroatoms. The monoisotopic (exact) mass is 380 g/mol. The molecule has 24 heavy (non-hydrogen) atoms. The minimum atomic E-state index is -0.221. The molecule has 0 bridgehead atoms. The first-order valence-corrected chi connectivity index (χ1v) is 8.46. The molecule has 0 atom stereocenters. The normalized spacial score (nSPS) is 11.1. The molecule has 3 aromatic carbocycles.